The number of nitrogens with one attached hydrogen (secondary N) is 1. The van der Waals surface area contributed by atoms with Gasteiger partial charge in [-0.15, -0.1) is 0 Å². The molecule has 1 amide bonds. The number of aliphatic carboxylic acids is 1. The molecule has 8 heteroatoms. The van der Waals surface area contributed by atoms with Crippen molar-refractivity contribution in [3.63, 3.8) is 0 Å². The molecule has 0 aliphatic heterocycles. The number of ether oxygens (including phenoxy) is 1. The van der Waals surface area contributed by atoms with E-state index >= 15 is 0 Å². The lowest BCUT2D eigenvalue weighted by Crippen LogP contribution is -2.38. The molecule has 0 heterocycles. The molecule has 0 unspecified atom stereocenters. The number of nitro benzene ring substituents is 1. The maximum absolute atomic E-state index is 11.8. The summed E-state index contributed by atoms with van der Waals surface area (Å²) in [6.45, 7) is 1.28. The second-order valence-corrected chi connectivity index (χ2v) is 3.65. The third-order valence-electron chi connectivity index (χ3n) is 2.36. The molecular weight excluding hydrogens is 256 g/mol. The van der Waals surface area contributed by atoms with Crippen LogP contribution in [0.3, 0.4) is 0 Å². The Morgan fingerprint density at radius 3 is 2.58 bits per heavy atom. The summed E-state index contributed by atoms with van der Waals surface area (Å²) in [5.74, 6) is -2.17. The number of methoxy groups -OCH3 is 1. The van der Waals surface area contributed by atoms with Crippen LogP contribution in [0.2, 0.25) is 0 Å². The smallest absolute Gasteiger partial charge is 0.325 e. The summed E-state index contributed by atoms with van der Waals surface area (Å²) in [5, 5.41) is 21.7. The molecule has 0 bridgehead atoms. The van der Waals surface area contributed by atoms with Gasteiger partial charge in [-0.1, -0.05) is 6.07 Å². The van der Waals surface area contributed by atoms with Gasteiger partial charge in [0.1, 0.15) is 6.04 Å². The molecule has 0 aliphatic rings. The number of benzene rings is 1. The first kappa shape index (κ1) is 14.4. The van der Waals surface area contributed by atoms with E-state index in [0.717, 1.165) is 0 Å². The number of carbonyl (C=O) groups excluding carboxylic acids is 1. The first-order chi connectivity index (χ1) is 8.88. The van der Waals surface area contributed by atoms with Gasteiger partial charge in [-0.2, -0.15) is 0 Å². The molecule has 0 aliphatic carbocycles. The molecule has 0 aromatic heterocycles. The Morgan fingerprint density at radius 2 is 2.11 bits per heavy atom. The Kier molecular flexibility index (Phi) is 4.41. The predicted molar refractivity (Wildman–Crippen MR) is 64.2 cm³/mol. The molecule has 0 spiro atoms. The van der Waals surface area contributed by atoms with Crippen LogP contribution in [0.1, 0.15) is 17.3 Å². The highest BCUT2D eigenvalue weighted by atomic mass is 16.6. The predicted octanol–water partition coefficient (Wildman–Crippen LogP) is 0.806. The topological polar surface area (TPSA) is 119 Å². The number of para-hydroxylation sites is 1. The maximum Gasteiger partial charge on any atom is 0.325 e. The van der Waals surface area contributed by atoms with Crippen molar-refractivity contribution in [1.82, 2.24) is 5.32 Å². The summed E-state index contributed by atoms with van der Waals surface area (Å²) in [6, 6.07) is 2.71. The second-order valence-electron chi connectivity index (χ2n) is 3.65. The van der Waals surface area contributed by atoms with Crippen LogP contribution in [-0.2, 0) is 4.79 Å². The Balaban J connectivity index is 3.13. The van der Waals surface area contributed by atoms with Gasteiger partial charge in [-0.05, 0) is 13.0 Å². The fourth-order valence-electron chi connectivity index (χ4n) is 1.40. The van der Waals surface area contributed by atoms with E-state index in [1.54, 1.807) is 0 Å². The molecule has 0 saturated heterocycles. The zero-order valence-electron chi connectivity index (χ0n) is 10.2. The van der Waals surface area contributed by atoms with E-state index in [1.807, 2.05) is 0 Å². The third kappa shape index (κ3) is 3.18. The zero-order chi connectivity index (χ0) is 14.6. The van der Waals surface area contributed by atoms with Gasteiger partial charge in [0.15, 0.2) is 0 Å². The fourth-order valence-corrected chi connectivity index (χ4v) is 1.40. The van der Waals surface area contributed by atoms with Crippen LogP contribution in [0.4, 0.5) is 5.69 Å². The molecule has 102 valence electrons. The summed E-state index contributed by atoms with van der Waals surface area (Å²) >= 11 is 0. The number of hydrogen-bond acceptors (Lipinski definition) is 5. The van der Waals surface area contributed by atoms with Crippen LogP contribution in [0, 0.1) is 10.1 Å². The summed E-state index contributed by atoms with van der Waals surface area (Å²) in [6.07, 6.45) is 0. The minimum atomic E-state index is -1.21. The number of rotatable bonds is 5. The quantitative estimate of drug-likeness (QED) is 0.602. The number of carboxylic acids is 1. The minimum absolute atomic E-state index is 0.0928. The van der Waals surface area contributed by atoms with Crippen LogP contribution in [0.5, 0.6) is 5.75 Å². The summed E-state index contributed by atoms with van der Waals surface area (Å²) in [5.41, 5.74) is -0.456. The molecule has 1 atom stereocenters. The molecular formula is C11H12N2O6. The van der Waals surface area contributed by atoms with Crippen molar-refractivity contribution in [1.29, 1.82) is 0 Å². The van der Waals surface area contributed by atoms with Crippen LogP contribution in [0.15, 0.2) is 18.2 Å². The van der Waals surface area contributed by atoms with Crippen LogP contribution >= 0.6 is 0 Å². The van der Waals surface area contributed by atoms with Crippen LogP contribution < -0.4 is 10.1 Å². The van der Waals surface area contributed by atoms with E-state index < -0.39 is 22.8 Å². The van der Waals surface area contributed by atoms with Crippen molar-refractivity contribution in [2.45, 2.75) is 13.0 Å². The molecule has 2 N–H and O–H groups in total. The van der Waals surface area contributed by atoms with Crippen molar-refractivity contribution < 1.29 is 24.4 Å². The maximum atomic E-state index is 11.8. The van der Waals surface area contributed by atoms with Crippen LogP contribution in [0.25, 0.3) is 0 Å². The van der Waals surface area contributed by atoms with Crippen LogP contribution in [-0.4, -0.2) is 35.1 Å². The van der Waals surface area contributed by atoms with Gasteiger partial charge in [0.25, 0.3) is 5.91 Å². The number of carbonyl (C=O) groups is 2. The monoisotopic (exact) mass is 268 g/mol. The average Bonchev–Trinajstić information content (AvgIpc) is 2.37. The lowest BCUT2D eigenvalue weighted by atomic mass is 10.1. The summed E-state index contributed by atoms with van der Waals surface area (Å²) in [7, 11) is 1.19. The lowest BCUT2D eigenvalue weighted by molar-refractivity contribution is -0.385. The van der Waals surface area contributed by atoms with E-state index in [9.17, 15) is 19.7 Å². The number of hydrogen-bond donors (Lipinski definition) is 2. The van der Waals surface area contributed by atoms with Gasteiger partial charge in [-0.25, -0.2) is 0 Å². The van der Waals surface area contributed by atoms with E-state index in [1.165, 1.54) is 32.2 Å². The fraction of sp³-hybridized carbons (Fsp3) is 0.273. The van der Waals surface area contributed by atoms with Gasteiger partial charge in [0, 0.05) is 6.07 Å². The average molecular weight is 268 g/mol. The largest absolute Gasteiger partial charge is 0.490 e. The van der Waals surface area contributed by atoms with Crippen molar-refractivity contribution in [2.24, 2.45) is 0 Å². The summed E-state index contributed by atoms with van der Waals surface area (Å²) < 4.78 is 4.85. The number of carboxylic acid groups (broad SMARTS) is 1. The molecule has 1 aromatic carbocycles. The SMILES string of the molecule is COc1c(C(=O)N[C@@H](C)C(=O)O)cccc1[N+](=O)[O-]. The van der Waals surface area contributed by atoms with E-state index in [2.05, 4.69) is 5.32 Å². The van der Waals surface area contributed by atoms with Crippen molar-refractivity contribution in [3.05, 3.63) is 33.9 Å². The molecule has 0 radical (unpaired) electrons. The van der Waals surface area contributed by atoms with Gasteiger partial charge in [0.05, 0.1) is 17.6 Å². The molecule has 1 aromatic rings. The van der Waals surface area contributed by atoms with Gasteiger partial charge >= 0.3 is 11.7 Å². The Morgan fingerprint density at radius 1 is 1.47 bits per heavy atom. The van der Waals surface area contributed by atoms with E-state index in [-0.39, 0.29) is 17.0 Å². The highest BCUT2D eigenvalue weighted by Crippen LogP contribution is 2.30. The standard InChI is InChI=1S/C11H12N2O6/c1-6(11(15)16)12-10(14)7-4-3-5-8(13(17)18)9(7)19-2/h3-6H,1-2H3,(H,12,14)(H,15,16)/t6-/m0/s1. The number of amides is 1. The van der Waals surface area contributed by atoms with E-state index in [0.29, 0.717) is 0 Å². The highest BCUT2D eigenvalue weighted by Gasteiger charge is 2.24. The van der Waals surface area contributed by atoms with Gasteiger partial charge < -0.3 is 15.2 Å². The summed E-state index contributed by atoms with van der Waals surface area (Å²) in [4.78, 5) is 32.6. The Labute approximate surface area is 108 Å². The van der Waals surface area contributed by atoms with Gasteiger partial charge in [-0.3, -0.25) is 19.7 Å². The molecule has 0 saturated carbocycles. The Hall–Kier alpha value is -2.64. The molecule has 19 heavy (non-hydrogen) atoms. The zero-order valence-corrected chi connectivity index (χ0v) is 10.2. The number of nitrogens with zero attached hydrogens (tertiary/aromatic N) is 1. The van der Waals surface area contributed by atoms with Gasteiger partial charge in [0.2, 0.25) is 5.75 Å². The third-order valence-corrected chi connectivity index (χ3v) is 2.36. The molecule has 8 nitrogen and oxygen atoms in total. The first-order valence-electron chi connectivity index (χ1n) is 5.23. The van der Waals surface area contributed by atoms with Crippen molar-refractivity contribution >= 4 is 17.6 Å². The second kappa shape index (κ2) is 5.80. The number of nitro groups is 1. The minimum Gasteiger partial charge on any atom is -0.490 e. The van der Waals surface area contributed by atoms with E-state index in [4.69, 9.17) is 9.84 Å². The normalized spacial score (nSPS) is 11.5. The lowest BCUT2D eigenvalue weighted by Gasteiger charge is -2.11. The van der Waals surface area contributed by atoms with Crippen molar-refractivity contribution in [3.8, 4) is 5.75 Å². The highest BCUT2D eigenvalue weighted by molar-refractivity contribution is 6.00. The Bertz CT molecular complexity index is 528. The van der Waals surface area contributed by atoms with Crippen molar-refractivity contribution in [2.75, 3.05) is 7.11 Å². The first-order valence-corrected chi connectivity index (χ1v) is 5.23. The molecule has 1 rings (SSSR count). The molecule has 0 fully saturated rings.